The zero-order chi connectivity index (χ0) is 15.5. The van der Waals surface area contributed by atoms with Gasteiger partial charge in [-0.25, -0.2) is 0 Å². The Morgan fingerprint density at radius 1 is 1.36 bits per heavy atom. The molecule has 0 aromatic carbocycles. The summed E-state index contributed by atoms with van der Waals surface area (Å²) in [6, 6.07) is 0.462. The van der Waals surface area contributed by atoms with Crippen molar-refractivity contribution < 1.29 is 4.74 Å². The van der Waals surface area contributed by atoms with Crippen LogP contribution in [0.15, 0.2) is 4.99 Å². The van der Waals surface area contributed by atoms with Crippen LogP contribution in [-0.4, -0.2) is 62.8 Å². The van der Waals surface area contributed by atoms with Crippen LogP contribution in [0.4, 0.5) is 0 Å². The molecule has 0 spiro atoms. The van der Waals surface area contributed by atoms with Crippen LogP contribution in [0.25, 0.3) is 0 Å². The number of hydrogen-bond acceptors (Lipinski definition) is 3. The Labute approximate surface area is 153 Å². The smallest absolute Gasteiger partial charge is 0.191 e. The summed E-state index contributed by atoms with van der Waals surface area (Å²) in [6.45, 7) is 11.0. The molecule has 0 saturated carbocycles. The highest BCUT2D eigenvalue weighted by Gasteiger charge is 2.17. The van der Waals surface area contributed by atoms with Crippen molar-refractivity contribution in [1.82, 2.24) is 15.5 Å². The lowest BCUT2D eigenvalue weighted by atomic mass is 10.1. The van der Waals surface area contributed by atoms with Crippen molar-refractivity contribution in [1.29, 1.82) is 0 Å². The highest BCUT2D eigenvalue weighted by atomic mass is 127. The molecule has 1 saturated heterocycles. The molecule has 6 heteroatoms. The summed E-state index contributed by atoms with van der Waals surface area (Å²) in [5.41, 5.74) is 0. The van der Waals surface area contributed by atoms with Crippen LogP contribution in [0, 0.1) is 0 Å². The second-order valence-corrected chi connectivity index (χ2v) is 6.02. The third-order valence-electron chi connectivity index (χ3n) is 3.76. The van der Waals surface area contributed by atoms with Crippen molar-refractivity contribution in [2.24, 2.45) is 4.99 Å². The molecule has 2 N–H and O–H groups in total. The summed E-state index contributed by atoms with van der Waals surface area (Å²) in [5, 5.41) is 6.82. The lowest BCUT2D eigenvalue weighted by Crippen LogP contribution is -2.44. The number of nitrogens with zero attached hydrogens (tertiary/aromatic N) is 2. The van der Waals surface area contributed by atoms with Gasteiger partial charge in [0.25, 0.3) is 0 Å². The van der Waals surface area contributed by atoms with Gasteiger partial charge in [-0.3, -0.25) is 4.99 Å². The molecule has 2 unspecified atom stereocenters. The van der Waals surface area contributed by atoms with Gasteiger partial charge in [-0.15, -0.1) is 24.0 Å². The van der Waals surface area contributed by atoms with E-state index in [1.54, 1.807) is 0 Å². The van der Waals surface area contributed by atoms with Gasteiger partial charge >= 0.3 is 0 Å². The fraction of sp³-hybridized carbons (Fsp3) is 0.938. The third-order valence-corrected chi connectivity index (χ3v) is 3.76. The first-order chi connectivity index (χ1) is 10.2. The van der Waals surface area contributed by atoms with Crippen molar-refractivity contribution in [2.45, 2.75) is 58.6 Å². The van der Waals surface area contributed by atoms with Gasteiger partial charge in [-0.2, -0.15) is 0 Å². The zero-order valence-electron chi connectivity index (χ0n) is 14.7. The predicted octanol–water partition coefficient (Wildman–Crippen LogP) is 2.46. The second kappa shape index (κ2) is 13.4. The summed E-state index contributed by atoms with van der Waals surface area (Å²) in [6.07, 6.45) is 5.27. The van der Waals surface area contributed by atoms with E-state index >= 15 is 0 Å². The Balaban J connectivity index is 0.00000441. The van der Waals surface area contributed by atoms with Gasteiger partial charge in [0.2, 0.25) is 0 Å². The van der Waals surface area contributed by atoms with E-state index < -0.39 is 0 Å². The third kappa shape index (κ3) is 9.84. The molecule has 1 fully saturated rings. The number of guanidine groups is 1. The maximum Gasteiger partial charge on any atom is 0.191 e. The van der Waals surface area contributed by atoms with E-state index in [0.717, 1.165) is 38.7 Å². The molecule has 1 rings (SSSR count). The molecule has 0 aromatic rings. The van der Waals surface area contributed by atoms with Gasteiger partial charge in [0.15, 0.2) is 5.96 Å². The lowest BCUT2D eigenvalue weighted by Gasteiger charge is -2.29. The molecule has 0 bridgehead atoms. The standard InChI is InChI=1S/C16H34N4O.HI/c1-5-7-8-9-14(3)19-16(17-6-2)18-12-15-13-20(4)10-11-21-15;/h14-15H,5-13H2,1-4H3,(H2,17,18,19);1H. The van der Waals surface area contributed by atoms with Gasteiger partial charge in [-0.1, -0.05) is 26.2 Å². The van der Waals surface area contributed by atoms with Crippen LogP contribution < -0.4 is 10.6 Å². The number of hydrogen-bond donors (Lipinski definition) is 2. The molecular formula is C16H35IN4O. The number of morpholine rings is 1. The highest BCUT2D eigenvalue weighted by molar-refractivity contribution is 14.0. The minimum absolute atomic E-state index is 0. The van der Waals surface area contributed by atoms with Gasteiger partial charge in [-0.05, 0) is 27.3 Å². The van der Waals surface area contributed by atoms with Crippen molar-refractivity contribution in [3.05, 3.63) is 0 Å². The number of likely N-dealkylation sites (N-methyl/N-ethyl adjacent to an activating group) is 1. The van der Waals surface area contributed by atoms with Gasteiger partial charge in [0.1, 0.15) is 0 Å². The number of aliphatic imine (C=N–C) groups is 1. The van der Waals surface area contributed by atoms with Gasteiger partial charge < -0.3 is 20.3 Å². The molecule has 0 aliphatic carbocycles. The largest absolute Gasteiger partial charge is 0.374 e. The summed E-state index contributed by atoms with van der Waals surface area (Å²) in [4.78, 5) is 6.99. The monoisotopic (exact) mass is 426 g/mol. The van der Waals surface area contributed by atoms with Crippen LogP contribution in [0.5, 0.6) is 0 Å². The Kier molecular flexibility index (Phi) is 13.3. The van der Waals surface area contributed by atoms with Crippen LogP contribution >= 0.6 is 24.0 Å². The molecule has 1 aliphatic rings. The number of ether oxygens (including phenoxy) is 1. The van der Waals surface area contributed by atoms with E-state index in [-0.39, 0.29) is 30.1 Å². The molecule has 0 radical (unpaired) electrons. The van der Waals surface area contributed by atoms with E-state index in [0.29, 0.717) is 6.04 Å². The van der Waals surface area contributed by atoms with Gasteiger partial charge in [0.05, 0.1) is 19.3 Å². The Morgan fingerprint density at radius 3 is 2.77 bits per heavy atom. The Hall–Kier alpha value is -0.0800. The molecule has 1 aliphatic heterocycles. The van der Waals surface area contributed by atoms with Crippen LogP contribution in [0.2, 0.25) is 0 Å². The number of rotatable bonds is 8. The minimum Gasteiger partial charge on any atom is -0.374 e. The van der Waals surface area contributed by atoms with E-state index in [2.05, 4.69) is 48.3 Å². The Morgan fingerprint density at radius 2 is 2.14 bits per heavy atom. The zero-order valence-corrected chi connectivity index (χ0v) is 17.1. The van der Waals surface area contributed by atoms with Crippen molar-refractivity contribution in [3.8, 4) is 0 Å². The van der Waals surface area contributed by atoms with E-state index in [4.69, 9.17) is 4.74 Å². The maximum atomic E-state index is 5.76. The van der Waals surface area contributed by atoms with Crippen LogP contribution in [0.1, 0.15) is 46.5 Å². The van der Waals surface area contributed by atoms with E-state index in [9.17, 15) is 0 Å². The maximum absolute atomic E-state index is 5.76. The van der Waals surface area contributed by atoms with E-state index in [1.807, 2.05) is 0 Å². The summed E-state index contributed by atoms with van der Waals surface area (Å²) in [5.74, 6) is 0.915. The quantitative estimate of drug-likeness (QED) is 0.271. The van der Waals surface area contributed by atoms with Crippen LogP contribution in [0.3, 0.4) is 0 Å². The molecular weight excluding hydrogens is 391 g/mol. The molecule has 0 aromatic heterocycles. The summed E-state index contributed by atoms with van der Waals surface area (Å²) < 4.78 is 5.76. The molecule has 132 valence electrons. The average molecular weight is 426 g/mol. The molecule has 22 heavy (non-hydrogen) atoms. The highest BCUT2D eigenvalue weighted by Crippen LogP contribution is 2.04. The molecule has 2 atom stereocenters. The number of nitrogens with one attached hydrogen (secondary N) is 2. The fourth-order valence-corrected chi connectivity index (χ4v) is 2.50. The topological polar surface area (TPSA) is 48.9 Å². The SMILES string of the molecule is CCCCCC(C)NC(=NCC1CN(C)CCO1)NCC.I. The predicted molar refractivity (Wildman–Crippen MR) is 105 cm³/mol. The lowest BCUT2D eigenvalue weighted by molar-refractivity contribution is -0.0136. The minimum atomic E-state index is 0. The number of unbranched alkanes of at least 4 members (excludes halogenated alkanes) is 2. The Bertz CT molecular complexity index is 302. The second-order valence-electron chi connectivity index (χ2n) is 6.02. The van der Waals surface area contributed by atoms with Crippen molar-refractivity contribution in [3.63, 3.8) is 0 Å². The van der Waals surface area contributed by atoms with E-state index in [1.165, 1.54) is 25.7 Å². The van der Waals surface area contributed by atoms with Crippen molar-refractivity contribution in [2.75, 3.05) is 39.8 Å². The first-order valence-electron chi connectivity index (χ1n) is 8.50. The molecule has 5 nitrogen and oxygen atoms in total. The van der Waals surface area contributed by atoms with Gasteiger partial charge in [0, 0.05) is 25.7 Å². The van der Waals surface area contributed by atoms with Crippen molar-refractivity contribution >= 4 is 29.9 Å². The molecule has 0 amide bonds. The normalized spacial score (nSPS) is 21.1. The fourth-order valence-electron chi connectivity index (χ4n) is 2.50. The summed E-state index contributed by atoms with van der Waals surface area (Å²) in [7, 11) is 2.14. The van der Waals surface area contributed by atoms with Crippen LogP contribution in [-0.2, 0) is 4.74 Å². The first-order valence-corrected chi connectivity index (χ1v) is 8.50. The summed E-state index contributed by atoms with van der Waals surface area (Å²) >= 11 is 0. The number of halogens is 1. The average Bonchev–Trinajstić information content (AvgIpc) is 2.45. The first kappa shape index (κ1) is 21.9. The molecule has 1 heterocycles.